The first-order chi connectivity index (χ1) is 18.5. The van der Waals surface area contributed by atoms with E-state index in [0.717, 1.165) is 54.7 Å². The molecule has 1 N–H and O–H groups in total. The van der Waals surface area contributed by atoms with Crippen LogP contribution in [0.3, 0.4) is 0 Å². The predicted molar refractivity (Wildman–Crippen MR) is 143 cm³/mol. The van der Waals surface area contributed by atoms with Gasteiger partial charge in [0, 0.05) is 48.7 Å². The molecule has 8 rings (SSSR count). The lowest BCUT2D eigenvalue weighted by molar-refractivity contribution is -0.211. The molecular weight excluding hydrogens is 484 g/mol. The Kier molecular flexibility index (Phi) is 4.27. The van der Waals surface area contributed by atoms with Crippen molar-refractivity contribution in [1.82, 2.24) is 14.0 Å². The summed E-state index contributed by atoms with van der Waals surface area (Å²) in [5.74, 6) is -0.0322. The van der Waals surface area contributed by atoms with Gasteiger partial charge < -0.3 is 33.5 Å². The van der Waals surface area contributed by atoms with Gasteiger partial charge in [-0.25, -0.2) is 0 Å². The highest BCUT2D eigenvalue weighted by molar-refractivity contribution is 6.31. The number of hydrogen-bond donors (Lipinski definition) is 1. The van der Waals surface area contributed by atoms with Crippen LogP contribution in [0.1, 0.15) is 35.5 Å². The van der Waals surface area contributed by atoms with E-state index in [1.807, 2.05) is 31.2 Å². The molecule has 1 saturated heterocycles. The second-order valence-corrected chi connectivity index (χ2v) is 10.5. The first kappa shape index (κ1) is 22.1. The van der Waals surface area contributed by atoms with Crippen molar-refractivity contribution in [3.05, 3.63) is 59.7 Å². The van der Waals surface area contributed by atoms with Gasteiger partial charge in [0.2, 0.25) is 0 Å². The smallest absolute Gasteiger partial charge is 0.257 e. The number of ether oxygens (including phenoxy) is 3. The Bertz CT molecular complexity index is 1880. The van der Waals surface area contributed by atoms with Crippen LogP contribution in [0.15, 0.2) is 53.7 Å². The van der Waals surface area contributed by atoms with Crippen LogP contribution in [-0.2, 0) is 26.5 Å². The summed E-state index contributed by atoms with van der Waals surface area (Å²) in [5.41, 5.74) is 5.11. The lowest BCUT2D eigenvalue weighted by Gasteiger charge is -2.44. The number of hydrogen-bond acceptors (Lipinski definition) is 6. The number of amides is 1. The van der Waals surface area contributed by atoms with Crippen molar-refractivity contribution < 1.29 is 24.2 Å². The summed E-state index contributed by atoms with van der Waals surface area (Å²) in [6.07, 6.45) is -0.733. The van der Waals surface area contributed by atoms with E-state index in [-0.39, 0.29) is 12.6 Å². The number of carbonyl (C=O) groups is 1. The molecule has 192 valence electrons. The fraction of sp³-hybridized carbons (Fsp3) is 0.310. The maximum Gasteiger partial charge on any atom is 0.257 e. The summed E-state index contributed by atoms with van der Waals surface area (Å²) in [7, 11) is 3.23. The summed E-state index contributed by atoms with van der Waals surface area (Å²) >= 11 is 0. The van der Waals surface area contributed by atoms with Crippen molar-refractivity contribution in [2.24, 2.45) is 5.16 Å². The van der Waals surface area contributed by atoms with Crippen LogP contribution in [0.2, 0.25) is 0 Å². The SMILES string of the molecule is COCN1Cc2c(c3c4ccccc4n4c3c3c2c2ccccc2n3[C@@]2(C)O[C@@H]4C/C(=N\O)[C@H]2OC)C1=O. The van der Waals surface area contributed by atoms with Gasteiger partial charge in [0.1, 0.15) is 19.1 Å². The molecular formula is C29H26N4O5. The van der Waals surface area contributed by atoms with Crippen LogP contribution in [-0.4, -0.2) is 57.9 Å². The van der Waals surface area contributed by atoms with Crippen LogP contribution in [0.5, 0.6) is 0 Å². The number of rotatable bonds is 3. The molecule has 0 spiro atoms. The average Bonchev–Trinajstić information content (AvgIpc) is 3.54. The maximum absolute atomic E-state index is 14.0. The number of benzene rings is 3. The van der Waals surface area contributed by atoms with Gasteiger partial charge in [-0.3, -0.25) is 4.79 Å². The van der Waals surface area contributed by atoms with Gasteiger partial charge in [0.25, 0.3) is 5.91 Å². The molecule has 0 radical (unpaired) electrons. The molecule has 2 aromatic heterocycles. The third-order valence-corrected chi connectivity index (χ3v) is 8.64. The Labute approximate surface area is 217 Å². The third-order valence-electron chi connectivity index (χ3n) is 8.64. The first-order valence-corrected chi connectivity index (χ1v) is 12.7. The predicted octanol–water partition coefficient (Wildman–Crippen LogP) is 4.91. The number of para-hydroxylation sites is 2. The highest BCUT2D eigenvalue weighted by Gasteiger charge is 2.52. The normalized spacial score (nSPS) is 25.5. The second-order valence-electron chi connectivity index (χ2n) is 10.5. The molecule has 1 amide bonds. The topological polar surface area (TPSA) is 90.5 Å². The number of methoxy groups -OCH3 is 2. The zero-order valence-electron chi connectivity index (χ0n) is 21.3. The molecule has 9 heteroatoms. The van der Waals surface area contributed by atoms with Crippen molar-refractivity contribution in [2.45, 2.75) is 37.9 Å². The zero-order chi connectivity index (χ0) is 25.9. The van der Waals surface area contributed by atoms with E-state index < -0.39 is 18.1 Å². The van der Waals surface area contributed by atoms with E-state index in [9.17, 15) is 10.0 Å². The molecule has 3 aromatic carbocycles. The van der Waals surface area contributed by atoms with Gasteiger partial charge in [0.05, 0.1) is 33.3 Å². The largest absolute Gasteiger partial charge is 0.411 e. The fourth-order valence-electron chi connectivity index (χ4n) is 7.37. The molecule has 3 aliphatic heterocycles. The van der Waals surface area contributed by atoms with Crippen molar-refractivity contribution in [2.75, 3.05) is 21.0 Å². The molecule has 0 unspecified atom stereocenters. The highest BCUT2D eigenvalue weighted by Crippen LogP contribution is 2.53. The number of aromatic nitrogens is 2. The number of fused-ring (bicyclic) bond motifs is 13. The number of carbonyl (C=O) groups excluding carboxylic acids is 1. The van der Waals surface area contributed by atoms with E-state index in [1.54, 1.807) is 19.1 Å². The van der Waals surface area contributed by atoms with Crippen LogP contribution in [0.25, 0.3) is 43.6 Å². The maximum atomic E-state index is 14.0. The molecule has 0 aliphatic carbocycles. The Morgan fingerprint density at radius 2 is 1.76 bits per heavy atom. The Balaban J connectivity index is 1.68. The van der Waals surface area contributed by atoms with Crippen molar-refractivity contribution >= 4 is 55.2 Å². The van der Waals surface area contributed by atoms with Crippen LogP contribution >= 0.6 is 0 Å². The van der Waals surface area contributed by atoms with Gasteiger partial charge in [-0.1, -0.05) is 41.6 Å². The van der Waals surface area contributed by atoms with E-state index in [1.165, 1.54) is 0 Å². The minimum absolute atomic E-state index is 0.0322. The lowest BCUT2D eigenvalue weighted by Crippen LogP contribution is -2.54. The van der Waals surface area contributed by atoms with E-state index in [0.29, 0.717) is 18.7 Å². The summed E-state index contributed by atoms with van der Waals surface area (Å²) in [6.45, 7) is 2.68. The zero-order valence-corrected chi connectivity index (χ0v) is 21.3. The van der Waals surface area contributed by atoms with Gasteiger partial charge >= 0.3 is 0 Å². The highest BCUT2D eigenvalue weighted by atomic mass is 16.6. The van der Waals surface area contributed by atoms with Crippen LogP contribution < -0.4 is 0 Å². The van der Waals surface area contributed by atoms with E-state index >= 15 is 0 Å². The Morgan fingerprint density at radius 3 is 2.47 bits per heavy atom. The summed E-state index contributed by atoms with van der Waals surface area (Å²) in [5, 5.41) is 17.8. The monoisotopic (exact) mass is 510 g/mol. The molecule has 9 nitrogen and oxygen atoms in total. The molecule has 5 heterocycles. The van der Waals surface area contributed by atoms with Crippen LogP contribution in [0, 0.1) is 0 Å². The number of oxime groups is 1. The van der Waals surface area contributed by atoms with E-state index in [2.05, 4.69) is 38.6 Å². The molecule has 2 bridgehead atoms. The third kappa shape index (κ3) is 2.38. The molecule has 0 saturated carbocycles. The quantitative estimate of drug-likeness (QED) is 0.275. The van der Waals surface area contributed by atoms with Gasteiger partial charge in [-0.2, -0.15) is 0 Å². The minimum Gasteiger partial charge on any atom is -0.411 e. The second kappa shape index (κ2) is 7.35. The average molecular weight is 511 g/mol. The standard InChI is InChI=1S/C29H26N4O5/c1-29-27(37-3)18(30-35)12-21(38-29)32-19-10-6-4-8-15(19)23-24-17(13-31(14-36-2)28(24)34)22-16-9-5-7-11-20(16)33(29)26(22)25(23)32/h4-11,21,27,35H,12-14H2,1-3H3/b30-18+/t21-,27-,29+/m1/s1. The Hall–Kier alpha value is -3.92. The van der Waals surface area contributed by atoms with Crippen molar-refractivity contribution in [3.63, 3.8) is 0 Å². The van der Waals surface area contributed by atoms with Crippen molar-refractivity contribution in [3.8, 4) is 0 Å². The van der Waals surface area contributed by atoms with Gasteiger partial charge in [-0.15, -0.1) is 0 Å². The molecule has 38 heavy (non-hydrogen) atoms. The molecule has 3 aliphatic rings. The van der Waals surface area contributed by atoms with Crippen molar-refractivity contribution in [1.29, 1.82) is 0 Å². The Morgan fingerprint density at radius 1 is 1.05 bits per heavy atom. The molecule has 5 aromatic rings. The summed E-state index contributed by atoms with van der Waals surface area (Å²) in [4.78, 5) is 15.7. The van der Waals surface area contributed by atoms with E-state index in [4.69, 9.17) is 14.2 Å². The van der Waals surface area contributed by atoms with Gasteiger partial charge in [0.15, 0.2) is 5.72 Å². The fourth-order valence-corrected chi connectivity index (χ4v) is 7.37. The first-order valence-electron chi connectivity index (χ1n) is 12.7. The molecule has 3 atom stereocenters. The lowest BCUT2D eigenvalue weighted by atomic mass is 9.95. The summed E-state index contributed by atoms with van der Waals surface area (Å²) in [6, 6.07) is 16.4. The van der Waals surface area contributed by atoms with Gasteiger partial charge in [-0.05, 0) is 24.6 Å². The summed E-state index contributed by atoms with van der Waals surface area (Å²) < 4.78 is 22.8. The number of nitrogens with zero attached hydrogens (tertiary/aromatic N) is 4. The van der Waals surface area contributed by atoms with Crippen LogP contribution in [0.4, 0.5) is 0 Å². The minimum atomic E-state index is -1.02. The molecule has 1 fully saturated rings.